The van der Waals surface area contributed by atoms with E-state index in [1.807, 2.05) is 6.07 Å². The Morgan fingerprint density at radius 3 is 2.08 bits per heavy atom. The Bertz CT molecular complexity index is 518. The van der Waals surface area contributed by atoms with Crippen LogP contribution < -0.4 is 5.32 Å². The van der Waals surface area contributed by atoms with Crippen molar-refractivity contribution >= 4 is 6.09 Å². The highest BCUT2D eigenvalue weighted by Gasteiger charge is 2.31. The Labute approximate surface area is 149 Å². The van der Waals surface area contributed by atoms with Gasteiger partial charge in [0.2, 0.25) is 0 Å². The number of alkyl halides is 4. The van der Waals surface area contributed by atoms with Gasteiger partial charge in [-0.2, -0.15) is 0 Å². The molecule has 0 radical (unpaired) electrons. The molecule has 150 valence electrons. The largest absolute Gasteiger partial charge is 0.445 e. The number of hydrogen-bond donors (Lipinski definition) is 3. The summed E-state index contributed by atoms with van der Waals surface area (Å²) in [7, 11) is 2.60. The highest BCUT2D eigenvalue weighted by atomic mass is 19.3. The van der Waals surface area contributed by atoms with E-state index in [0.29, 0.717) is 0 Å². The highest BCUT2D eigenvalue weighted by molar-refractivity contribution is 5.67. The van der Waals surface area contributed by atoms with Gasteiger partial charge in [-0.1, -0.05) is 30.3 Å². The number of nitrogens with one attached hydrogen (secondary N) is 1. The summed E-state index contributed by atoms with van der Waals surface area (Å²) < 4.78 is 54.2. The van der Waals surface area contributed by atoms with Crippen molar-refractivity contribution in [1.29, 1.82) is 0 Å². The predicted molar refractivity (Wildman–Crippen MR) is 87.2 cm³/mol. The van der Waals surface area contributed by atoms with E-state index < -0.39 is 44.2 Å². The maximum Gasteiger partial charge on any atom is 0.410 e. The first-order valence-electron chi connectivity index (χ1n) is 7.60. The first-order chi connectivity index (χ1) is 12.1. The molecule has 0 aromatic heterocycles. The van der Waals surface area contributed by atoms with E-state index >= 15 is 0 Å². The molecule has 0 unspecified atom stereocenters. The summed E-state index contributed by atoms with van der Waals surface area (Å²) in [6.07, 6.45) is -0.855. The molecule has 1 aromatic carbocycles. The topological polar surface area (TPSA) is 82.0 Å². The standard InChI is InChI=1S/C12H15F2NO3.C4H9F2NO/c1-15(8-12(13,14)9-16)11(17)18-7-10-5-3-2-4-6-10;1-7-2-4(5,6)3-8/h2-6,16H,7-9H2,1H3;7-8H,2-3H2,1H3. The zero-order valence-electron chi connectivity index (χ0n) is 14.6. The number of aliphatic hydroxyl groups is 2. The van der Waals surface area contributed by atoms with Crippen molar-refractivity contribution in [2.45, 2.75) is 18.5 Å². The first kappa shape index (κ1) is 24.1. The smallest absolute Gasteiger partial charge is 0.410 e. The lowest BCUT2D eigenvalue weighted by atomic mass is 10.2. The summed E-state index contributed by atoms with van der Waals surface area (Å²) >= 11 is 0. The van der Waals surface area contributed by atoms with Gasteiger partial charge in [-0.15, -0.1) is 0 Å². The van der Waals surface area contributed by atoms with Crippen molar-refractivity contribution < 1.29 is 37.3 Å². The number of nitrogens with zero attached hydrogens (tertiary/aromatic N) is 1. The summed E-state index contributed by atoms with van der Waals surface area (Å²) in [6.45, 7) is -3.72. The van der Waals surface area contributed by atoms with E-state index in [1.165, 1.54) is 14.1 Å². The van der Waals surface area contributed by atoms with Crippen LogP contribution in [0.15, 0.2) is 30.3 Å². The van der Waals surface area contributed by atoms with Crippen LogP contribution in [0.5, 0.6) is 0 Å². The van der Waals surface area contributed by atoms with Gasteiger partial charge in [-0.3, -0.25) is 0 Å². The molecule has 0 aliphatic heterocycles. The Kier molecular flexibility index (Phi) is 10.8. The molecule has 26 heavy (non-hydrogen) atoms. The quantitative estimate of drug-likeness (QED) is 0.595. The van der Waals surface area contributed by atoms with Gasteiger partial charge in [0.15, 0.2) is 0 Å². The zero-order valence-corrected chi connectivity index (χ0v) is 14.6. The molecule has 1 aromatic rings. The molecule has 0 atom stereocenters. The van der Waals surface area contributed by atoms with Gasteiger partial charge in [0.25, 0.3) is 11.8 Å². The molecule has 0 spiro atoms. The van der Waals surface area contributed by atoms with E-state index in [4.69, 9.17) is 14.9 Å². The van der Waals surface area contributed by atoms with E-state index in [-0.39, 0.29) is 6.61 Å². The van der Waals surface area contributed by atoms with E-state index in [2.05, 4.69) is 5.32 Å². The Morgan fingerprint density at radius 2 is 1.65 bits per heavy atom. The number of carbonyl (C=O) groups excluding carboxylic acids is 1. The second-order valence-corrected chi connectivity index (χ2v) is 5.45. The fourth-order valence-electron chi connectivity index (χ4n) is 1.61. The fourth-order valence-corrected chi connectivity index (χ4v) is 1.61. The van der Waals surface area contributed by atoms with Crippen LogP contribution in [0.1, 0.15) is 5.56 Å². The molecule has 10 heteroatoms. The number of ether oxygens (including phenoxy) is 1. The summed E-state index contributed by atoms with van der Waals surface area (Å²) in [4.78, 5) is 12.1. The SMILES string of the molecule is CN(CC(F)(F)CO)C(=O)OCc1ccccc1.CNCC(F)(F)CO. The molecule has 0 bridgehead atoms. The maximum atomic E-state index is 12.8. The van der Waals surface area contributed by atoms with Crippen LogP contribution in [0.3, 0.4) is 0 Å². The van der Waals surface area contributed by atoms with Crippen molar-refractivity contribution in [3.05, 3.63) is 35.9 Å². The van der Waals surface area contributed by atoms with Gasteiger partial charge >= 0.3 is 6.09 Å². The predicted octanol–water partition coefficient (Wildman–Crippen LogP) is 1.72. The number of amides is 1. The third kappa shape index (κ3) is 10.9. The zero-order chi connectivity index (χ0) is 20.2. The van der Waals surface area contributed by atoms with Gasteiger partial charge in [0, 0.05) is 7.05 Å². The highest BCUT2D eigenvalue weighted by Crippen LogP contribution is 2.14. The number of carbonyl (C=O) groups is 1. The second-order valence-electron chi connectivity index (χ2n) is 5.45. The molecule has 0 saturated carbocycles. The van der Waals surface area contributed by atoms with Gasteiger partial charge < -0.3 is 25.2 Å². The lowest BCUT2D eigenvalue weighted by Crippen LogP contribution is -2.40. The molecule has 1 rings (SSSR count). The summed E-state index contributed by atoms with van der Waals surface area (Å²) in [5.41, 5.74) is 0.771. The average molecular weight is 384 g/mol. The van der Waals surface area contributed by atoms with Crippen molar-refractivity contribution in [3.8, 4) is 0 Å². The van der Waals surface area contributed by atoms with Crippen LogP contribution in [0.4, 0.5) is 22.4 Å². The van der Waals surface area contributed by atoms with E-state index in [0.717, 1.165) is 10.5 Å². The number of aliphatic hydroxyl groups excluding tert-OH is 2. The third-order valence-electron chi connectivity index (χ3n) is 2.88. The Morgan fingerprint density at radius 1 is 1.12 bits per heavy atom. The molecule has 3 N–H and O–H groups in total. The van der Waals surface area contributed by atoms with Crippen molar-refractivity contribution in [3.63, 3.8) is 0 Å². The van der Waals surface area contributed by atoms with Crippen LogP contribution in [-0.2, 0) is 11.3 Å². The molecule has 0 heterocycles. The van der Waals surface area contributed by atoms with E-state index in [9.17, 15) is 22.4 Å². The number of halogens is 4. The monoisotopic (exact) mass is 384 g/mol. The summed E-state index contributed by atoms with van der Waals surface area (Å²) in [6, 6.07) is 8.91. The van der Waals surface area contributed by atoms with Gasteiger partial charge in [0.05, 0.1) is 13.1 Å². The van der Waals surface area contributed by atoms with Crippen molar-refractivity contribution in [2.75, 3.05) is 40.4 Å². The normalized spacial score (nSPS) is 11.4. The minimum atomic E-state index is -3.32. The molecular formula is C16H24F4N2O4. The fraction of sp³-hybridized carbons (Fsp3) is 0.562. The van der Waals surface area contributed by atoms with Gasteiger partial charge in [0.1, 0.15) is 19.8 Å². The van der Waals surface area contributed by atoms with Crippen molar-refractivity contribution in [2.24, 2.45) is 0 Å². The first-order valence-corrected chi connectivity index (χ1v) is 7.60. The second kappa shape index (κ2) is 11.7. The van der Waals surface area contributed by atoms with E-state index in [1.54, 1.807) is 24.3 Å². The number of rotatable bonds is 8. The Hall–Kier alpha value is -1.91. The number of benzene rings is 1. The minimum absolute atomic E-state index is 0.0225. The molecule has 0 aliphatic rings. The number of hydrogen-bond acceptors (Lipinski definition) is 5. The third-order valence-corrected chi connectivity index (χ3v) is 2.88. The molecule has 6 nitrogen and oxygen atoms in total. The molecule has 0 saturated heterocycles. The molecule has 0 aliphatic carbocycles. The average Bonchev–Trinajstić information content (AvgIpc) is 2.60. The van der Waals surface area contributed by atoms with Crippen molar-refractivity contribution in [1.82, 2.24) is 10.2 Å². The van der Waals surface area contributed by atoms with Crippen LogP contribution in [-0.4, -0.2) is 73.4 Å². The summed E-state index contributed by atoms with van der Waals surface area (Å²) in [5, 5.41) is 18.6. The summed E-state index contributed by atoms with van der Waals surface area (Å²) in [5.74, 6) is -6.28. The maximum absolute atomic E-state index is 12.8. The van der Waals surface area contributed by atoms with Crippen LogP contribution in [0.25, 0.3) is 0 Å². The van der Waals surface area contributed by atoms with Crippen LogP contribution >= 0.6 is 0 Å². The molecule has 0 fully saturated rings. The van der Waals surface area contributed by atoms with Gasteiger partial charge in [-0.25, -0.2) is 22.4 Å². The van der Waals surface area contributed by atoms with Gasteiger partial charge in [-0.05, 0) is 12.6 Å². The van der Waals surface area contributed by atoms with Crippen LogP contribution in [0.2, 0.25) is 0 Å². The van der Waals surface area contributed by atoms with Crippen LogP contribution in [0, 0.1) is 0 Å². The minimum Gasteiger partial charge on any atom is -0.445 e. The lowest BCUT2D eigenvalue weighted by Gasteiger charge is -2.21. The Balaban J connectivity index is 0.000000660. The molecular weight excluding hydrogens is 360 g/mol. The molecule has 1 amide bonds. The lowest BCUT2D eigenvalue weighted by molar-refractivity contribution is -0.0670.